The van der Waals surface area contributed by atoms with E-state index in [0.29, 0.717) is 0 Å². The molecule has 0 bridgehead atoms. The first-order valence-electron chi connectivity index (χ1n) is 4.88. The van der Waals surface area contributed by atoms with E-state index in [2.05, 4.69) is 0 Å². The molecular formula is C10H19NO3. The molecular weight excluding hydrogens is 182 g/mol. The number of carbonyl (C=O) groups is 1. The molecule has 1 amide bonds. The van der Waals surface area contributed by atoms with Gasteiger partial charge in [-0.1, -0.05) is 0 Å². The molecule has 1 fully saturated rings. The molecule has 1 rings (SSSR count). The summed E-state index contributed by atoms with van der Waals surface area (Å²) in [5, 5.41) is 0. The second kappa shape index (κ2) is 3.77. The highest BCUT2D eigenvalue weighted by Gasteiger charge is 2.35. The molecule has 0 saturated carbocycles. The highest BCUT2D eigenvalue weighted by atomic mass is 16.6. The topological polar surface area (TPSA) is 42.1 Å². The lowest BCUT2D eigenvalue weighted by Crippen LogP contribution is -2.41. The second-order valence-electron chi connectivity index (χ2n) is 4.70. The average Bonchev–Trinajstić information content (AvgIpc) is 2.80. The molecule has 0 aromatic rings. The van der Waals surface area contributed by atoms with Crippen LogP contribution in [0, 0.1) is 0 Å². The minimum absolute atomic E-state index is 0.0878. The predicted molar refractivity (Wildman–Crippen MR) is 53.2 cm³/mol. The largest absolute Gasteiger partial charge is 0.444 e. The molecule has 0 spiro atoms. The van der Waals surface area contributed by atoms with Crippen molar-refractivity contribution >= 4 is 6.09 Å². The molecule has 4 nitrogen and oxygen atoms in total. The molecule has 1 aliphatic heterocycles. The zero-order valence-corrected chi connectivity index (χ0v) is 9.53. The molecule has 0 N–H and O–H groups in total. The van der Waals surface area contributed by atoms with Crippen molar-refractivity contribution in [2.75, 3.05) is 13.7 Å². The van der Waals surface area contributed by atoms with Crippen molar-refractivity contribution in [3.63, 3.8) is 0 Å². The Balaban J connectivity index is 2.43. The van der Waals surface area contributed by atoms with Crippen molar-refractivity contribution in [2.45, 2.75) is 45.4 Å². The van der Waals surface area contributed by atoms with Gasteiger partial charge < -0.3 is 14.4 Å². The summed E-state index contributed by atoms with van der Waals surface area (Å²) in [5.41, 5.74) is -0.435. The van der Waals surface area contributed by atoms with E-state index in [1.54, 1.807) is 11.9 Å². The van der Waals surface area contributed by atoms with Gasteiger partial charge >= 0.3 is 6.09 Å². The molecule has 0 aromatic heterocycles. The third kappa shape index (κ3) is 3.18. The van der Waals surface area contributed by atoms with Crippen LogP contribution in [0.2, 0.25) is 0 Å². The van der Waals surface area contributed by atoms with Crippen LogP contribution in [-0.2, 0) is 9.47 Å². The van der Waals surface area contributed by atoms with Gasteiger partial charge in [0.15, 0.2) is 0 Å². The van der Waals surface area contributed by atoms with Crippen LogP contribution in [0.25, 0.3) is 0 Å². The van der Waals surface area contributed by atoms with E-state index in [9.17, 15) is 4.79 Å². The van der Waals surface area contributed by atoms with Crippen molar-refractivity contribution in [3.8, 4) is 0 Å². The minimum atomic E-state index is -0.435. The van der Waals surface area contributed by atoms with E-state index in [1.165, 1.54) is 0 Å². The summed E-state index contributed by atoms with van der Waals surface area (Å²) in [6.45, 7) is 8.28. The van der Waals surface area contributed by atoms with Crippen molar-refractivity contribution in [2.24, 2.45) is 0 Å². The summed E-state index contributed by atoms with van der Waals surface area (Å²) in [4.78, 5) is 13.2. The lowest BCUT2D eigenvalue weighted by molar-refractivity contribution is 0.0212. The fourth-order valence-corrected chi connectivity index (χ4v) is 1.08. The lowest BCUT2D eigenvalue weighted by Gasteiger charge is -2.27. The van der Waals surface area contributed by atoms with Crippen LogP contribution in [0.5, 0.6) is 0 Å². The van der Waals surface area contributed by atoms with Gasteiger partial charge in [0.1, 0.15) is 11.7 Å². The van der Waals surface area contributed by atoms with E-state index in [-0.39, 0.29) is 18.2 Å². The van der Waals surface area contributed by atoms with Crippen LogP contribution < -0.4 is 0 Å². The molecule has 1 aliphatic rings. The minimum Gasteiger partial charge on any atom is -0.444 e. The Bertz CT molecular complexity index is 218. The lowest BCUT2D eigenvalue weighted by atomic mass is 10.2. The normalized spacial score (nSPS) is 22.8. The zero-order chi connectivity index (χ0) is 10.9. The fraction of sp³-hybridized carbons (Fsp3) is 0.900. The number of amides is 1. The average molecular weight is 201 g/mol. The number of hydrogen-bond acceptors (Lipinski definition) is 3. The third-order valence-corrected chi connectivity index (χ3v) is 2.19. The van der Waals surface area contributed by atoms with Gasteiger partial charge in [-0.05, 0) is 27.7 Å². The SMILES string of the molecule is CC(C1CO1)N(C)C(=O)OC(C)(C)C. The maximum atomic E-state index is 11.6. The Labute approximate surface area is 85.2 Å². The Morgan fingerprint density at radius 3 is 2.43 bits per heavy atom. The Hall–Kier alpha value is -0.770. The van der Waals surface area contributed by atoms with Gasteiger partial charge in [-0.2, -0.15) is 0 Å². The first-order chi connectivity index (χ1) is 6.31. The number of rotatable bonds is 2. The predicted octanol–water partition coefficient (Wildman–Crippen LogP) is 1.64. The summed E-state index contributed by atoms with van der Waals surface area (Å²) >= 11 is 0. The van der Waals surface area contributed by atoms with Crippen molar-refractivity contribution in [3.05, 3.63) is 0 Å². The second-order valence-corrected chi connectivity index (χ2v) is 4.70. The van der Waals surface area contributed by atoms with Gasteiger partial charge in [-0.3, -0.25) is 0 Å². The Morgan fingerprint density at radius 2 is 2.07 bits per heavy atom. The van der Waals surface area contributed by atoms with Gasteiger partial charge in [-0.15, -0.1) is 0 Å². The number of nitrogens with zero attached hydrogens (tertiary/aromatic N) is 1. The number of likely N-dealkylation sites (N-methyl/N-ethyl adjacent to an activating group) is 1. The number of carbonyl (C=O) groups excluding carboxylic acids is 1. The van der Waals surface area contributed by atoms with Crippen LogP contribution in [0.1, 0.15) is 27.7 Å². The molecule has 2 atom stereocenters. The number of ether oxygens (including phenoxy) is 2. The van der Waals surface area contributed by atoms with E-state index in [4.69, 9.17) is 9.47 Å². The third-order valence-electron chi connectivity index (χ3n) is 2.19. The summed E-state index contributed by atoms with van der Waals surface area (Å²) in [6.07, 6.45) is -0.104. The van der Waals surface area contributed by atoms with Gasteiger partial charge in [-0.25, -0.2) is 4.79 Å². The zero-order valence-electron chi connectivity index (χ0n) is 9.53. The maximum absolute atomic E-state index is 11.6. The van der Waals surface area contributed by atoms with Crippen LogP contribution in [0.15, 0.2) is 0 Å². The highest BCUT2D eigenvalue weighted by molar-refractivity contribution is 5.68. The van der Waals surface area contributed by atoms with E-state index in [1.807, 2.05) is 27.7 Å². The van der Waals surface area contributed by atoms with E-state index >= 15 is 0 Å². The van der Waals surface area contributed by atoms with Gasteiger partial charge in [0, 0.05) is 7.05 Å². The monoisotopic (exact) mass is 201 g/mol. The summed E-state index contributed by atoms with van der Waals surface area (Å²) in [5.74, 6) is 0. The quantitative estimate of drug-likeness (QED) is 0.638. The van der Waals surface area contributed by atoms with Crippen LogP contribution >= 0.6 is 0 Å². The molecule has 4 heteroatoms. The number of epoxide rings is 1. The Morgan fingerprint density at radius 1 is 1.57 bits per heavy atom. The molecule has 14 heavy (non-hydrogen) atoms. The van der Waals surface area contributed by atoms with E-state index < -0.39 is 5.60 Å². The summed E-state index contributed by atoms with van der Waals surface area (Å²) in [6, 6.07) is 0.0878. The molecule has 0 aromatic carbocycles. The molecule has 2 unspecified atom stereocenters. The standard InChI is InChI=1S/C10H19NO3/c1-7(8-6-13-8)11(5)9(12)14-10(2,3)4/h7-8H,6H2,1-5H3. The highest BCUT2D eigenvalue weighted by Crippen LogP contribution is 2.19. The Kier molecular flexibility index (Phi) is 3.04. The molecule has 0 radical (unpaired) electrons. The van der Waals surface area contributed by atoms with E-state index in [0.717, 1.165) is 6.61 Å². The first-order valence-corrected chi connectivity index (χ1v) is 4.88. The molecule has 0 aliphatic carbocycles. The van der Waals surface area contributed by atoms with Crippen molar-refractivity contribution in [1.29, 1.82) is 0 Å². The molecule has 82 valence electrons. The summed E-state index contributed by atoms with van der Waals surface area (Å²) in [7, 11) is 1.74. The molecule has 1 saturated heterocycles. The smallest absolute Gasteiger partial charge is 0.410 e. The van der Waals surface area contributed by atoms with Gasteiger partial charge in [0.05, 0.1) is 12.6 Å². The first kappa shape index (κ1) is 11.3. The van der Waals surface area contributed by atoms with Crippen molar-refractivity contribution in [1.82, 2.24) is 4.90 Å². The fourth-order valence-electron chi connectivity index (χ4n) is 1.08. The van der Waals surface area contributed by atoms with Crippen LogP contribution in [0.4, 0.5) is 4.79 Å². The van der Waals surface area contributed by atoms with Crippen molar-refractivity contribution < 1.29 is 14.3 Å². The molecule has 1 heterocycles. The van der Waals surface area contributed by atoms with Gasteiger partial charge in [0.2, 0.25) is 0 Å². The van der Waals surface area contributed by atoms with Crippen LogP contribution in [0.3, 0.4) is 0 Å². The van der Waals surface area contributed by atoms with Crippen LogP contribution in [-0.4, -0.2) is 42.4 Å². The number of hydrogen-bond donors (Lipinski definition) is 0. The summed E-state index contributed by atoms with van der Waals surface area (Å²) < 4.78 is 10.4. The van der Waals surface area contributed by atoms with Gasteiger partial charge in [0.25, 0.3) is 0 Å². The maximum Gasteiger partial charge on any atom is 0.410 e.